The van der Waals surface area contributed by atoms with Crippen molar-refractivity contribution in [3.05, 3.63) is 0 Å². The Morgan fingerprint density at radius 2 is 2.06 bits per heavy atom. The van der Waals surface area contributed by atoms with Gasteiger partial charge in [-0.05, 0) is 6.42 Å². The van der Waals surface area contributed by atoms with Gasteiger partial charge in [0.25, 0.3) is 0 Å². The van der Waals surface area contributed by atoms with Gasteiger partial charge in [-0.25, -0.2) is 4.79 Å². The zero-order valence-electron chi connectivity index (χ0n) is 10.9. The molecule has 0 aromatic rings. The molecule has 0 aliphatic heterocycles. The maximum Gasteiger partial charge on any atom is 0.317 e. The molecule has 0 spiro atoms. The first-order chi connectivity index (χ1) is 8.56. The van der Waals surface area contributed by atoms with Gasteiger partial charge >= 0.3 is 12.0 Å². The number of aliphatic hydroxyl groups excluding tert-OH is 1. The number of rotatable bonds is 9. The Morgan fingerprint density at radius 3 is 2.50 bits per heavy atom. The highest BCUT2D eigenvalue weighted by Gasteiger charge is 2.18. The number of methoxy groups -OCH3 is 1. The van der Waals surface area contributed by atoms with Gasteiger partial charge < -0.3 is 25.2 Å². The predicted molar refractivity (Wildman–Crippen MR) is 65.4 cm³/mol. The standard InChI is InChI=1S/C11H22N2O5/c1-3-9(10(15)16)8-12-11(17)13(4-6-14)5-7-18-2/h9,14H,3-8H2,1-2H3,(H,12,17)(H,15,16). The number of hydrogen-bond acceptors (Lipinski definition) is 4. The summed E-state index contributed by atoms with van der Waals surface area (Å²) in [7, 11) is 1.52. The number of nitrogens with zero attached hydrogens (tertiary/aromatic N) is 1. The number of aliphatic carboxylic acids is 1. The van der Waals surface area contributed by atoms with Crippen LogP contribution in [-0.2, 0) is 9.53 Å². The van der Waals surface area contributed by atoms with Crippen LogP contribution in [-0.4, -0.2) is 67.1 Å². The maximum atomic E-state index is 11.7. The monoisotopic (exact) mass is 262 g/mol. The SMILES string of the molecule is CCC(CNC(=O)N(CCO)CCOC)C(=O)O. The van der Waals surface area contributed by atoms with E-state index in [2.05, 4.69) is 5.32 Å². The molecule has 1 atom stereocenters. The van der Waals surface area contributed by atoms with Crippen LogP contribution in [0.2, 0.25) is 0 Å². The Labute approximate surface area is 107 Å². The van der Waals surface area contributed by atoms with E-state index >= 15 is 0 Å². The van der Waals surface area contributed by atoms with Crippen LogP contribution in [0.3, 0.4) is 0 Å². The van der Waals surface area contributed by atoms with E-state index in [0.717, 1.165) is 0 Å². The summed E-state index contributed by atoms with van der Waals surface area (Å²) in [6.45, 7) is 2.60. The summed E-state index contributed by atoms with van der Waals surface area (Å²) in [4.78, 5) is 23.9. The maximum absolute atomic E-state index is 11.7. The average Bonchev–Trinajstić information content (AvgIpc) is 2.34. The van der Waals surface area contributed by atoms with E-state index in [-0.39, 0.29) is 25.7 Å². The molecule has 0 rings (SSSR count). The first-order valence-corrected chi connectivity index (χ1v) is 5.92. The molecular formula is C11H22N2O5. The molecular weight excluding hydrogens is 240 g/mol. The minimum absolute atomic E-state index is 0.0829. The number of carboxylic acids is 1. The van der Waals surface area contributed by atoms with Gasteiger partial charge in [0, 0.05) is 26.7 Å². The number of nitrogens with one attached hydrogen (secondary N) is 1. The van der Waals surface area contributed by atoms with Gasteiger partial charge in [0.15, 0.2) is 0 Å². The molecule has 0 saturated heterocycles. The molecule has 0 fully saturated rings. The lowest BCUT2D eigenvalue weighted by molar-refractivity contribution is -0.141. The highest BCUT2D eigenvalue weighted by atomic mass is 16.5. The van der Waals surface area contributed by atoms with E-state index < -0.39 is 11.9 Å². The second kappa shape index (κ2) is 9.67. The van der Waals surface area contributed by atoms with Crippen LogP contribution in [0.15, 0.2) is 0 Å². The molecule has 7 nitrogen and oxygen atoms in total. The van der Waals surface area contributed by atoms with Crippen molar-refractivity contribution in [1.82, 2.24) is 10.2 Å². The number of carboxylic acid groups (broad SMARTS) is 1. The fraction of sp³-hybridized carbons (Fsp3) is 0.818. The first kappa shape index (κ1) is 16.7. The number of amides is 2. The molecule has 0 radical (unpaired) electrons. The van der Waals surface area contributed by atoms with Crippen LogP contribution in [0.1, 0.15) is 13.3 Å². The van der Waals surface area contributed by atoms with Crippen molar-refractivity contribution in [3.63, 3.8) is 0 Å². The average molecular weight is 262 g/mol. The molecule has 106 valence electrons. The quantitative estimate of drug-likeness (QED) is 0.532. The molecule has 0 saturated carbocycles. The Kier molecular flexibility index (Phi) is 8.95. The van der Waals surface area contributed by atoms with E-state index in [9.17, 15) is 9.59 Å². The zero-order valence-corrected chi connectivity index (χ0v) is 10.9. The molecule has 0 aromatic heterocycles. The summed E-state index contributed by atoms with van der Waals surface area (Å²) >= 11 is 0. The van der Waals surface area contributed by atoms with Crippen LogP contribution >= 0.6 is 0 Å². The van der Waals surface area contributed by atoms with Crippen LogP contribution < -0.4 is 5.32 Å². The Hall–Kier alpha value is -1.34. The van der Waals surface area contributed by atoms with Crippen molar-refractivity contribution >= 4 is 12.0 Å². The molecule has 0 bridgehead atoms. The van der Waals surface area contributed by atoms with Gasteiger partial charge in [0.1, 0.15) is 0 Å². The fourth-order valence-corrected chi connectivity index (χ4v) is 1.37. The van der Waals surface area contributed by atoms with Crippen molar-refractivity contribution in [2.24, 2.45) is 5.92 Å². The third kappa shape index (κ3) is 6.41. The predicted octanol–water partition coefficient (Wildman–Crippen LogP) is -0.252. The van der Waals surface area contributed by atoms with Crippen molar-refractivity contribution in [2.75, 3.05) is 40.0 Å². The van der Waals surface area contributed by atoms with E-state index in [1.165, 1.54) is 12.0 Å². The van der Waals surface area contributed by atoms with Crippen molar-refractivity contribution in [2.45, 2.75) is 13.3 Å². The van der Waals surface area contributed by atoms with Crippen LogP contribution in [0.5, 0.6) is 0 Å². The number of ether oxygens (including phenoxy) is 1. The molecule has 0 heterocycles. The normalized spacial score (nSPS) is 11.9. The van der Waals surface area contributed by atoms with Gasteiger partial charge in [-0.1, -0.05) is 6.92 Å². The van der Waals surface area contributed by atoms with Crippen LogP contribution in [0, 0.1) is 5.92 Å². The molecule has 7 heteroatoms. The Balaban J connectivity index is 4.19. The molecule has 18 heavy (non-hydrogen) atoms. The smallest absolute Gasteiger partial charge is 0.317 e. The largest absolute Gasteiger partial charge is 0.481 e. The number of carbonyl (C=O) groups excluding carboxylic acids is 1. The fourth-order valence-electron chi connectivity index (χ4n) is 1.37. The second-order valence-electron chi connectivity index (χ2n) is 3.83. The molecule has 2 amide bonds. The zero-order chi connectivity index (χ0) is 14.0. The number of hydrogen-bond donors (Lipinski definition) is 3. The summed E-state index contributed by atoms with van der Waals surface area (Å²) in [6.07, 6.45) is 0.452. The highest BCUT2D eigenvalue weighted by Crippen LogP contribution is 2.01. The first-order valence-electron chi connectivity index (χ1n) is 5.92. The van der Waals surface area contributed by atoms with E-state index in [4.69, 9.17) is 14.9 Å². The van der Waals surface area contributed by atoms with E-state index in [0.29, 0.717) is 19.6 Å². The third-order valence-corrected chi connectivity index (χ3v) is 2.56. The Morgan fingerprint density at radius 1 is 1.39 bits per heavy atom. The molecule has 0 aliphatic rings. The lowest BCUT2D eigenvalue weighted by Crippen LogP contribution is -2.45. The summed E-state index contributed by atoms with van der Waals surface area (Å²) in [5.74, 6) is -1.52. The van der Waals surface area contributed by atoms with Gasteiger partial charge in [0.2, 0.25) is 0 Å². The third-order valence-electron chi connectivity index (χ3n) is 2.56. The minimum Gasteiger partial charge on any atom is -0.481 e. The summed E-state index contributed by atoms with van der Waals surface area (Å²) in [5.41, 5.74) is 0. The molecule has 0 aromatic carbocycles. The topological polar surface area (TPSA) is 99.1 Å². The summed E-state index contributed by atoms with van der Waals surface area (Å²) < 4.78 is 4.86. The molecule has 0 aliphatic carbocycles. The molecule has 1 unspecified atom stereocenters. The number of aliphatic hydroxyl groups is 1. The van der Waals surface area contributed by atoms with Crippen molar-refractivity contribution in [3.8, 4) is 0 Å². The molecule has 3 N–H and O–H groups in total. The summed E-state index contributed by atoms with van der Waals surface area (Å²) in [6, 6.07) is -0.388. The van der Waals surface area contributed by atoms with Gasteiger partial charge in [0.05, 0.1) is 19.1 Å². The Bertz CT molecular complexity index is 260. The number of urea groups is 1. The lowest BCUT2D eigenvalue weighted by Gasteiger charge is -2.22. The van der Waals surface area contributed by atoms with Crippen molar-refractivity contribution in [1.29, 1.82) is 0 Å². The lowest BCUT2D eigenvalue weighted by atomic mass is 10.1. The van der Waals surface area contributed by atoms with Crippen molar-refractivity contribution < 1.29 is 24.5 Å². The summed E-state index contributed by atoms with van der Waals surface area (Å²) in [5, 5.41) is 20.2. The van der Waals surface area contributed by atoms with Gasteiger partial charge in [-0.15, -0.1) is 0 Å². The van der Waals surface area contributed by atoms with Crippen LogP contribution in [0.25, 0.3) is 0 Å². The van der Waals surface area contributed by atoms with Gasteiger partial charge in [-0.3, -0.25) is 4.79 Å². The minimum atomic E-state index is -0.927. The number of carbonyl (C=O) groups is 2. The highest BCUT2D eigenvalue weighted by molar-refractivity contribution is 5.76. The van der Waals surface area contributed by atoms with Gasteiger partial charge in [-0.2, -0.15) is 0 Å². The van der Waals surface area contributed by atoms with E-state index in [1.54, 1.807) is 6.92 Å². The van der Waals surface area contributed by atoms with E-state index in [1.807, 2.05) is 0 Å². The van der Waals surface area contributed by atoms with Crippen LogP contribution in [0.4, 0.5) is 4.79 Å². The second-order valence-corrected chi connectivity index (χ2v) is 3.83.